The summed E-state index contributed by atoms with van der Waals surface area (Å²) in [5, 5.41) is 10.1. The predicted molar refractivity (Wildman–Crippen MR) is 74.3 cm³/mol. The molecule has 1 aromatic rings. The van der Waals surface area contributed by atoms with E-state index in [-0.39, 0.29) is 5.91 Å². The maximum absolute atomic E-state index is 12.3. The number of β-amino-alcohol motifs (C(OH)–C–C–N with tert-alkyl or cyclic N) is 1. The van der Waals surface area contributed by atoms with Crippen molar-refractivity contribution < 1.29 is 9.90 Å². The molecule has 1 saturated heterocycles. The first-order valence-electron chi connectivity index (χ1n) is 6.60. The van der Waals surface area contributed by atoms with Gasteiger partial charge in [0.1, 0.15) is 5.82 Å². The summed E-state index contributed by atoms with van der Waals surface area (Å²) in [6.07, 6.45) is 3.31. The van der Waals surface area contributed by atoms with E-state index < -0.39 is 5.60 Å². The summed E-state index contributed by atoms with van der Waals surface area (Å²) in [4.78, 5) is 20.0. The van der Waals surface area contributed by atoms with Crippen molar-refractivity contribution in [1.82, 2.24) is 9.88 Å². The van der Waals surface area contributed by atoms with Crippen molar-refractivity contribution >= 4 is 11.7 Å². The van der Waals surface area contributed by atoms with Crippen LogP contribution in [0.2, 0.25) is 0 Å². The summed E-state index contributed by atoms with van der Waals surface area (Å²) in [5.74, 6) is 0.724. The van der Waals surface area contributed by atoms with Crippen molar-refractivity contribution in [2.24, 2.45) is 0 Å². The maximum Gasteiger partial charge on any atom is 0.254 e. The third kappa shape index (κ3) is 2.87. The molecule has 104 valence electrons. The molecule has 0 saturated carbocycles. The van der Waals surface area contributed by atoms with Crippen LogP contribution in [0.3, 0.4) is 0 Å². The highest BCUT2D eigenvalue weighted by molar-refractivity contribution is 5.95. The first kappa shape index (κ1) is 13.8. The van der Waals surface area contributed by atoms with E-state index in [1.807, 2.05) is 25.9 Å². The van der Waals surface area contributed by atoms with Crippen molar-refractivity contribution in [1.29, 1.82) is 0 Å². The van der Waals surface area contributed by atoms with Gasteiger partial charge in [0.25, 0.3) is 5.91 Å². The lowest BCUT2D eigenvalue weighted by atomic mass is 9.89. The fraction of sp³-hybridized carbons (Fsp3) is 0.571. The number of nitrogens with zero attached hydrogens (tertiary/aromatic N) is 3. The minimum Gasteiger partial charge on any atom is -0.386 e. The van der Waals surface area contributed by atoms with Crippen LogP contribution in [0.5, 0.6) is 0 Å². The molecule has 0 radical (unpaired) electrons. The number of anilines is 1. The topological polar surface area (TPSA) is 56.7 Å². The van der Waals surface area contributed by atoms with E-state index in [4.69, 9.17) is 0 Å². The van der Waals surface area contributed by atoms with Crippen molar-refractivity contribution in [3.63, 3.8) is 0 Å². The summed E-state index contributed by atoms with van der Waals surface area (Å²) in [6, 6.07) is 3.49. The highest BCUT2D eigenvalue weighted by Crippen LogP contribution is 2.27. The third-order valence-corrected chi connectivity index (χ3v) is 3.42. The van der Waals surface area contributed by atoms with Crippen LogP contribution in [-0.4, -0.2) is 53.7 Å². The summed E-state index contributed by atoms with van der Waals surface area (Å²) in [6.45, 7) is 2.90. The molecular weight excluding hydrogens is 242 g/mol. The quantitative estimate of drug-likeness (QED) is 0.885. The van der Waals surface area contributed by atoms with Crippen molar-refractivity contribution in [2.75, 3.05) is 32.1 Å². The molecule has 0 atom stereocenters. The maximum atomic E-state index is 12.3. The molecule has 0 unspecified atom stereocenters. The number of amides is 1. The van der Waals surface area contributed by atoms with Crippen LogP contribution in [0.15, 0.2) is 18.3 Å². The number of rotatable bonds is 4. The van der Waals surface area contributed by atoms with E-state index in [1.165, 1.54) is 0 Å². The van der Waals surface area contributed by atoms with E-state index in [0.717, 1.165) is 18.7 Å². The molecule has 1 aromatic heterocycles. The van der Waals surface area contributed by atoms with Crippen LogP contribution in [0.1, 0.15) is 30.1 Å². The van der Waals surface area contributed by atoms with Gasteiger partial charge in [-0.05, 0) is 18.6 Å². The second kappa shape index (κ2) is 5.17. The van der Waals surface area contributed by atoms with Crippen LogP contribution in [-0.2, 0) is 0 Å². The van der Waals surface area contributed by atoms with Gasteiger partial charge < -0.3 is 14.9 Å². The van der Waals surface area contributed by atoms with E-state index in [2.05, 4.69) is 4.98 Å². The Hall–Kier alpha value is -1.62. The first-order valence-corrected chi connectivity index (χ1v) is 6.60. The molecule has 1 aliphatic heterocycles. The number of likely N-dealkylation sites (tertiary alicyclic amines) is 1. The van der Waals surface area contributed by atoms with E-state index in [0.29, 0.717) is 18.7 Å². The zero-order valence-electron chi connectivity index (χ0n) is 11.8. The molecule has 19 heavy (non-hydrogen) atoms. The Kier molecular flexibility index (Phi) is 3.75. The first-order chi connectivity index (χ1) is 8.95. The number of aliphatic hydroxyl groups is 1. The standard InChI is InChI=1S/C14H21N3O2/c1-4-6-14(19)9-17(10-14)13(18)11-5-7-15-12(8-11)16(2)3/h5,7-8,19H,4,6,9-10H2,1-3H3. The van der Waals surface area contributed by atoms with Gasteiger partial charge in [-0.1, -0.05) is 13.3 Å². The van der Waals surface area contributed by atoms with E-state index in [1.54, 1.807) is 23.2 Å². The van der Waals surface area contributed by atoms with Gasteiger partial charge in [0, 0.05) is 25.9 Å². The lowest BCUT2D eigenvalue weighted by Gasteiger charge is -2.46. The minimum atomic E-state index is -0.679. The van der Waals surface area contributed by atoms with Gasteiger partial charge in [-0.2, -0.15) is 0 Å². The molecule has 0 spiro atoms. The number of hydrogen-bond donors (Lipinski definition) is 1. The van der Waals surface area contributed by atoms with Gasteiger partial charge in [-0.15, -0.1) is 0 Å². The van der Waals surface area contributed by atoms with Gasteiger partial charge in [-0.25, -0.2) is 4.98 Å². The highest BCUT2D eigenvalue weighted by atomic mass is 16.3. The molecule has 0 aromatic carbocycles. The molecule has 1 aliphatic rings. The monoisotopic (exact) mass is 263 g/mol. The SMILES string of the molecule is CCCC1(O)CN(C(=O)c2ccnc(N(C)C)c2)C1. The Bertz CT molecular complexity index is 468. The zero-order valence-corrected chi connectivity index (χ0v) is 11.8. The average Bonchev–Trinajstić information content (AvgIpc) is 2.35. The number of carbonyl (C=O) groups is 1. The van der Waals surface area contributed by atoms with Gasteiger partial charge in [0.2, 0.25) is 0 Å². The smallest absolute Gasteiger partial charge is 0.254 e. The van der Waals surface area contributed by atoms with Crippen LogP contribution >= 0.6 is 0 Å². The minimum absolute atomic E-state index is 0.0359. The molecule has 0 bridgehead atoms. The lowest BCUT2D eigenvalue weighted by Crippen LogP contribution is -2.63. The molecular formula is C14H21N3O2. The highest BCUT2D eigenvalue weighted by Gasteiger charge is 2.42. The Morgan fingerprint density at radius 2 is 2.21 bits per heavy atom. The lowest BCUT2D eigenvalue weighted by molar-refractivity contribution is -0.0860. The molecule has 1 fully saturated rings. The third-order valence-electron chi connectivity index (χ3n) is 3.42. The molecule has 5 nitrogen and oxygen atoms in total. The predicted octanol–water partition coefficient (Wildman–Crippen LogP) is 1.13. The number of pyridine rings is 1. The summed E-state index contributed by atoms with van der Waals surface area (Å²) in [5.41, 5.74) is -0.0563. The van der Waals surface area contributed by atoms with Crippen LogP contribution in [0.4, 0.5) is 5.82 Å². The Balaban J connectivity index is 2.04. The number of hydrogen-bond acceptors (Lipinski definition) is 4. The van der Waals surface area contributed by atoms with Gasteiger partial charge in [0.15, 0.2) is 0 Å². The Morgan fingerprint density at radius 1 is 1.53 bits per heavy atom. The van der Waals surface area contributed by atoms with Gasteiger partial charge >= 0.3 is 0 Å². The van der Waals surface area contributed by atoms with Crippen molar-refractivity contribution in [3.8, 4) is 0 Å². The van der Waals surface area contributed by atoms with E-state index in [9.17, 15) is 9.90 Å². The van der Waals surface area contributed by atoms with Crippen LogP contribution in [0.25, 0.3) is 0 Å². The summed E-state index contributed by atoms with van der Waals surface area (Å²) in [7, 11) is 3.78. The van der Waals surface area contributed by atoms with Crippen LogP contribution < -0.4 is 4.90 Å². The second-order valence-corrected chi connectivity index (χ2v) is 5.43. The largest absolute Gasteiger partial charge is 0.386 e. The second-order valence-electron chi connectivity index (χ2n) is 5.43. The molecule has 5 heteroatoms. The molecule has 2 heterocycles. The molecule has 0 aliphatic carbocycles. The Labute approximate surface area is 113 Å². The summed E-state index contributed by atoms with van der Waals surface area (Å²) < 4.78 is 0. The Morgan fingerprint density at radius 3 is 2.79 bits per heavy atom. The number of carbonyl (C=O) groups excluding carboxylic acids is 1. The summed E-state index contributed by atoms with van der Waals surface area (Å²) >= 11 is 0. The van der Waals surface area contributed by atoms with E-state index >= 15 is 0 Å². The fourth-order valence-corrected chi connectivity index (χ4v) is 2.41. The van der Waals surface area contributed by atoms with Crippen molar-refractivity contribution in [3.05, 3.63) is 23.9 Å². The van der Waals surface area contributed by atoms with Crippen molar-refractivity contribution in [2.45, 2.75) is 25.4 Å². The molecule has 1 amide bonds. The molecule has 2 rings (SSSR count). The van der Waals surface area contributed by atoms with Crippen LogP contribution in [0, 0.1) is 0 Å². The van der Waals surface area contributed by atoms with Gasteiger partial charge in [0.05, 0.1) is 18.7 Å². The molecule has 1 N–H and O–H groups in total. The average molecular weight is 263 g/mol. The normalized spacial score (nSPS) is 16.9. The number of aromatic nitrogens is 1. The zero-order chi connectivity index (χ0) is 14.0. The van der Waals surface area contributed by atoms with Gasteiger partial charge in [-0.3, -0.25) is 4.79 Å². The fourth-order valence-electron chi connectivity index (χ4n) is 2.41.